The van der Waals surface area contributed by atoms with E-state index in [0.29, 0.717) is 12.5 Å². The summed E-state index contributed by atoms with van der Waals surface area (Å²) in [6.45, 7) is 5.95. The minimum Gasteiger partial charge on any atom is -0.396 e. The molecule has 22 heavy (non-hydrogen) atoms. The molecule has 0 unspecified atom stereocenters. The molecule has 0 heterocycles. The van der Waals surface area contributed by atoms with E-state index in [1.807, 2.05) is 18.2 Å². The van der Waals surface area contributed by atoms with Crippen LogP contribution in [0.5, 0.6) is 0 Å². The summed E-state index contributed by atoms with van der Waals surface area (Å²) in [6.07, 6.45) is 3.72. The van der Waals surface area contributed by atoms with Crippen LogP contribution >= 0.6 is 24.0 Å². The third-order valence-corrected chi connectivity index (χ3v) is 4.29. The van der Waals surface area contributed by atoms with Gasteiger partial charge in [-0.1, -0.05) is 44.2 Å². The molecule has 0 fully saturated rings. The van der Waals surface area contributed by atoms with Crippen LogP contribution in [0.2, 0.25) is 0 Å². The third-order valence-electron chi connectivity index (χ3n) is 4.29. The van der Waals surface area contributed by atoms with E-state index in [1.54, 1.807) is 0 Å². The zero-order valence-electron chi connectivity index (χ0n) is 13.7. The summed E-state index contributed by atoms with van der Waals surface area (Å²) in [4.78, 5) is 4.46. The van der Waals surface area contributed by atoms with Gasteiger partial charge in [0.2, 0.25) is 0 Å². The molecule has 0 aliphatic heterocycles. The van der Waals surface area contributed by atoms with Crippen LogP contribution in [0.15, 0.2) is 35.3 Å². The number of nitrogens with zero attached hydrogens (tertiary/aromatic N) is 1. The molecule has 0 aromatic heterocycles. The van der Waals surface area contributed by atoms with Crippen molar-refractivity contribution in [2.75, 3.05) is 19.7 Å². The molecule has 1 aromatic rings. The second kappa shape index (κ2) is 11.7. The largest absolute Gasteiger partial charge is 0.396 e. The molecule has 0 aliphatic rings. The zero-order valence-corrected chi connectivity index (χ0v) is 16.0. The van der Waals surface area contributed by atoms with Gasteiger partial charge in [-0.25, -0.2) is 0 Å². The third kappa shape index (κ3) is 7.45. The van der Waals surface area contributed by atoms with Crippen LogP contribution in [-0.2, 0) is 6.42 Å². The quantitative estimate of drug-likeness (QED) is 0.328. The van der Waals surface area contributed by atoms with E-state index in [0.717, 1.165) is 32.2 Å². The molecule has 0 atom stereocenters. The van der Waals surface area contributed by atoms with Crippen molar-refractivity contribution < 1.29 is 5.11 Å². The molecule has 0 amide bonds. The highest BCUT2D eigenvalue weighted by Gasteiger charge is 2.25. The number of halogens is 1. The highest BCUT2D eigenvalue weighted by molar-refractivity contribution is 14.0. The Morgan fingerprint density at radius 1 is 1.23 bits per heavy atom. The molecule has 0 aliphatic carbocycles. The first-order chi connectivity index (χ1) is 10.2. The fraction of sp³-hybridized carbons (Fsp3) is 0.588. The van der Waals surface area contributed by atoms with Crippen LogP contribution in [0.25, 0.3) is 0 Å². The van der Waals surface area contributed by atoms with Crippen molar-refractivity contribution in [2.24, 2.45) is 16.1 Å². The van der Waals surface area contributed by atoms with Crippen LogP contribution in [0, 0.1) is 5.41 Å². The number of nitrogens with two attached hydrogens (primary N) is 1. The van der Waals surface area contributed by atoms with Gasteiger partial charge in [-0.2, -0.15) is 0 Å². The Labute approximate surface area is 151 Å². The van der Waals surface area contributed by atoms with Crippen LogP contribution in [0.1, 0.15) is 38.7 Å². The molecular weight excluding hydrogens is 389 g/mol. The standard InChI is InChI=1S/C17H29N3O.HI/c1-3-17(4-2,11-13-21)14-20-16(18)19-12-10-15-8-6-5-7-9-15;/h5-9,21H,3-4,10-14H2,1-2H3,(H3,18,19,20);1H. The van der Waals surface area contributed by atoms with E-state index in [-0.39, 0.29) is 36.0 Å². The van der Waals surface area contributed by atoms with Gasteiger partial charge in [-0.05, 0) is 36.7 Å². The highest BCUT2D eigenvalue weighted by Crippen LogP contribution is 2.30. The van der Waals surface area contributed by atoms with Gasteiger partial charge in [0.1, 0.15) is 0 Å². The minimum atomic E-state index is 0. The first-order valence-corrected chi connectivity index (χ1v) is 7.84. The molecule has 126 valence electrons. The molecular formula is C17H30IN3O. The average Bonchev–Trinajstić information content (AvgIpc) is 2.52. The number of benzene rings is 1. The summed E-state index contributed by atoms with van der Waals surface area (Å²) in [7, 11) is 0. The predicted octanol–water partition coefficient (Wildman–Crippen LogP) is 2.94. The molecule has 1 rings (SSSR count). The Kier molecular flexibility index (Phi) is 11.3. The second-order valence-electron chi connectivity index (χ2n) is 5.54. The summed E-state index contributed by atoms with van der Waals surface area (Å²) >= 11 is 0. The number of hydrogen-bond acceptors (Lipinski definition) is 2. The van der Waals surface area contributed by atoms with Crippen molar-refractivity contribution in [1.29, 1.82) is 0 Å². The lowest BCUT2D eigenvalue weighted by molar-refractivity contribution is 0.175. The maximum absolute atomic E-state index is 9.20. The Bertz CT molecular complexity index is 419. The molecule has 0 radical (unpaired) electrons. The van der Waals surface area contributed by atoms with Gasteiger partial charge >= 0.3 is 0 Å². The molecule has 4 nitrogen and oxygen atoms in total. The number of rotatable bonds is 9. The molecule has 5 heteroatoms. The fourth-order valence-corrected chi connectivity index (χ4v) is 2.43. The van der Waals surface area contributed by atoms with Gasteiger partial charge < -0.3 is 16.2 Å². The zero-order chi connectivity index (χ0) is 15.6. The smallest absolute Gasteiger partial charge is 0.188 e. The topological polar surface area (TPSA) is 70.6 Å². The van der Waals surface area contributed by atoms with Crippen molar-refractivity contribution in [1.82, 2.24) is 5.32 Å². The molecule has 0 spiro atoms. The van der Waals surface area contributed by atoms with Crippen molar-refractivity contribution in [2.45, 2.75) is 39.5 Å². The van der Waals surface area contributed by atoms with Gasteiger partial charge in [-0.3, -0.25) is 4.99 Å². The number of hydrogen-bond donors (Lipinski definition) is 3. The van der Waals surface area contributed by atoms with Gasteiger partial charge in [0.25, 0.3) is 0 Å². The number of guanidine groups is 1. The summed E-state index contributed by atoms with van der Waals surface area (Å²) in [5.41, 5.74) is 7.28. The maximum Gasteiger partial charge on any atom is 0.188 e. The average molecular weight is 419 g/mol. The normalized spacial score (nSPS) is 11.9. The lowest BCUT2D eigenvalue weighted by Gasteiger charge is -2.29. The van der Waals surface area contributed by atoms with Crippen molar-refractivity contribution in [3.8, 4) is 0 Å². The number of aliphatic hydroxyl groups excluding tert-OH is 1. The number of nitrogens with one attached hydrogen (secondary N) is 1. The maximum atomic E-state index is 9.20. The highest BCUT2D eigenvalue weighted by atomic mass is 127. The van der Waals surface area contributed by atoms with Crippen LogP contribution in [-0.4, -0.2) is 30.8 Å². The first-order valence-electron chi connectivity index (χ1n) is 7.84. The summed E-state index contributed by atoms with van der Waals surface area (Å²) in [5, 5.41) is 12.4. The Morgan fingerprint density at radius 2 is 1.86 bits per heavy atom. The second-order valence-corrected chi connectivity index (χ2v) is 5.54. The van der Waals surface area contributed by atoms with Crippen LogP contribution in [0.4, 0.5) is 0 Å². The summed E-state index contributed by atoms with van der Waals surface area (Å²) in [6, 6.07) is 10.3. The first kappa shape index (κ1) is 21.2. The molecule has 0 saturated carbocycles. The van der Waals surface area contributed by atoms with E-state index in [4.69, 9.17) is 5.73 Å². The van der Waals surface area contributed by atoms with Crippen molar-refractivity contribution >= 4 is 29.9 Å². The van der Waals surface area contributed by atoms with E-state index < -0.39 is 0 Å². The van der Waals surface area contributed by atoms with E-state index >= 15 is 0 Å². The molecule has 0 bridgehead atoms. The lowest BCUT2D eigenvalue weighted by Crippen LogP contribution is -2.35. The molecule has 0 saturated heterocycles. The fourth-order valence-electron chi connectivity index (χ4n) is 2.43. The van der Waals surface area contributed by atoms with Gasteiger partial charge in [0.15, 0.2) is 5.96 Å². The molecule has 4 N–H and O–H groups in total. The van der Waals surface area contributed by atoms with Gasteiger partial charge in [0.05, 0.1) is 0 Å². The number of aliphatic hydroxyl groups is 1. The van der Waals surface area contributed by atoms with E-state index in [1.165, 1.54) is 5.56 Å². The predicted molar refractivity (Wildman–Crippen MR) is 105 cm³/mol. The van der Waals surface area contributed by atoms with E-state index in [2.05, 4.69) is 36.3 Å². The van der Waals surface area contributed by atoms with Crippen LogP contribution in [0.3, 0.4) is 0 Å². The molecule has 1 aromatic carbocycles. The minimum absolute atomic E-state index is 0. The lowest BCUT2D eigenvalue weighted by atomic mass is 9.79. The summed E-state index contributed by atoms with van der Waals surface area (Å²) in [5.74, 6) is 0.496. The van der Waals surface area contributed by atoms with Crippen molar-refractivity contribution in [3.05, 3.63) is 35.9 Å². The Morgan fingerprint density at radius 3 is 2.41 bits per heavy atom. The van der Waals surface area contributed by atoms with Crippen molar-refractivity contribution in [3.63, 3.8) is 0 Å². The van der Waals surface area contributed by atoms with E-state index in [9.17, 15) is 5.11 Å². The summed E-state index contributed by atoms with van der Waals surface area (Å²) < 4.78 is 0. The number of aliphatic imine (C=N–C) groups is 1. The van der Waals surface area contributed by atoms with Gasteiger partial charge in [-0.15, -0.1) is 24.0 Å². The Balaban J connectivity index is 0.00000441. The van der Waals surface area contributed by atoms with Gasteiger partial charge in [0, 0.05) is 19.7 Å². The SMILES string of the molecule is CCC(CC)(CCO)CN=C(N)NCCc1ccccc1.I. The van der Waals surface area contributed by atoms with Crippen LogP contribution < -0.4 is 11.1 Å². The Hall–Kier alpha value is -0.820. The monoisotopic (exact) mass is 419 g/mol.